The van der Waals surface area contributed by atoms with Crippen LogP contribution >= 0.6 is 0 Å². The van der Waals surface area contributed by atoms with Gasteiger partial charge >= 0.3 is 0 Å². The normalized spacial score (nSPS) is 11.6. The highest BCUT2D eigenvalue weighted by Gasteiger charge is 2.18. The van der Waals surface area contributed by atoms with Gasteiger partial charge in [-0.05, 0) is 162 Å². The summed E-state index contributed by atoms with van der Waals surface area (Å²) in [6, 6.07) is 94.2. The Morgan fingerprint density at radius 1 is 0.152 bits per heavy atom. The Morgan fingerprint density at radius 3 is 1.20 bits per heavy atom. The Hall–Kier alpha value is -8.58. The van der Waals surface area contributed by atoms with Crippen molar-refractivity contribution >= 4 is 64.6 Å². The van der Waals surface area contributed by atoms with E-state index in [1.807, 2.05) is 0 Å². The van der Waals surface area contributed by atoms with Crippen LogP contribution < -0.4 is 0 Å². The molecule has 13 aromatic rings. The summed E-state index contributed by atoms with van der Waals surface area (Å²) in [6.45, 7) is 0. The Balaban J connectivity index is 0.878. The van der Waals surface area contributed by atoms with Gasteiger partial charge < -0.3 is 0 Å². The molecule has 0 aromatic heterocycles. The average Bonchev–Trinajstić information content (AvgIpc) is 3.39. The fourth-order valence-electron chi connectivity index (χ4n) is 10.6. The Labute approximate surface area is 384 Å². The van der Waals surface area contributed by atoms with E-state index >= 15 is 0 Å². The van der Waals surface area contributed by atoms with Gasteiger partial charge in [0.15, 0.2) is 0 Å². The fraction of sp³-hybridized carbons (Fsp3) is 0. The summed E-state index contributed by atoms with van der Waals surface area (Å²) in [7, 11) is 0. The van der Waals surface area contributed by atoms with Crippen LogP contribution in [-0.4, -0.2) is 0 Å². The van der Waals surface area contributed by atoms with Crippen molar-refractivity contribution in [2.75, 3.05) is 0 Å². The van der Waals surface area contributed by atoms with Crippen LogP contribution in [0.5, 0.6) is 0 Å². The summed E-state index contributed by atoms with van der Waals surface area (Å²) >= 11 is 0. The van der Waals surface area contributed by atoms with Gasteiger partial charge in [-0.2, -0.15) is 0 Å². The van der Waals surface area contributed by atoms with Crippen molar-refractivity contribution in [2.24, 2.45) is 0 Å². The van der Waals surface area contributed by atoms with E-state index in [2.05, 4.69) is 255 Å². The fourth-order valence-corrected chi connectivity index (χ4v) is 10.6. The molecule has 0 fully saturated rings. The summed E-state index contributed by atoms with van der Waals surface area (Å²) in [5.74, 6) is 0. The van der Waals surface area contributed by atoms with E-state index < -0.39 is 0 Å². The van der Waals surface area contributed by atoms with Crippen LogP contribution in [0.1, 0.15) is 0 Å². The molecule has 0 spiro atoms. The quantitative estimate of drug-likeness (QED) is 0.146. The smallest absolute Gasteiger partial charge is 0.00262 e. The zero-order chi connectivity index (χ0) is 43.6. The molecular weight excluding hydrogens is 793 g/mol. The van der Waals surface area contributed by atoms with Crippen molar-refractivity contribution in [3.8, 4) is 66.8 Å². The van der Waals surface area contributed by atoms with E-state index in [9.17, 15) is 0 Å². The molecule has 0 aliphatic heterocycles. The SMILES string of the molecule is c1cc(-c2ccc3cccc(-c4ccc5ccccc5c4)c3c2)cc(-c2c3ccccc3c(-c3ccc4cc(-c5ccc(-c6cccc7ccccc67)cc5)ccc4c3)c3ccccc23)c1. The summed E-state index contributed by atoms with van der Waals surface area (Å²) in [5, 5.41) is 15.0. The Bertz CT molecular complexity index is 3980. The molecule has 0 amide bonds. The lowest BCUT2D eigenvalue weighted by Crippen LogP contribution is -1.91. The highest BCUT2D eigenvalue weighted by Crippen LogP contribution is 2.45. The zero-order valence-corrected chi connectivity index (χ0v) is 36.2. The van der Waals surface area contributed by atoms with Gasteiger partial charge in [0.25, 0.3) is 0 Å². The van der Waals surface area contributed by atoms with Crippen molar-refractivity contribution in [1.82, 2.24) is 0 Å². The maximum Gasteiger partial charge on any atom is -0.00262 e. The number of fused-ring (bicyclic) bond motifs is 6. The molecule has 13 rings (SSSR count). The van der Waals surface area contributed by atoms with Crippen LogP contribution in [0.2, 0.25) is 0 Å². The van der Waals surface area contributed by atoms with E-state index in [-0.39, 0.29) is 0 Å². The first kappa shape index (κ1) is 37.9. The first-order chi connectivity index (χ1) is 32.7. The van der Waals surface area contributed by atoms with E-state index in [4.69, 9.17) is 0 Å². The first-order valence-electron chi connectivity index (χ1n) is 22.9. The standard InChI is InChI=1S/C66H42/c1-2-14-48-39-54(36-28-43(48)12-1)59-25-11-16-46-31-32-53(42-64(46)59)49-17-9-18-55(40-49)65-60-20-5-7-22-62(60)66(63-23-8-6-21-61(63)65)56-37-35-51-38-50(33-34-52(51)41-56)44-26-29-47(30-27-44)58-24-10-15-45-13-3-4-19-57(45)58/h1-42H. The van der Waals surface area contributed by atoms with Crippen LogP contribution in [0.15, 0.2) is 255 Å². The van der Waals surface area contributed by atoms with E-state index in [0.29, 0.717) is 0 Å². The van der Waals surface area contributed by atoms with Crippen LogP contribution in [0.4, 0.5) is 0 Å². The minimum atomic E-state index is 1.20. The lowest BCUT2D eigenvalue weighted by molar-refractivity contribution is 1.62. The molecule has 13 aromatic carbocycles. The van der Waals surface area contributed by atoms with Gasteiger partial charge in [-0.3, -0.25) is 0 Å². The summed E-state index contributed by atoms with van der Waals surface area (Å²) in [6.07, 6.45) is 0. The lowest BCUT2D eigenvalue weighted by Gasteiger charge is -2.18. The highest BCUT2D eigenvalue weighted by atomic mass is 14.2. The molecule has 0 saturated carbocycles. The number of hydrogen-bond donors (Lipinski definition) is 0. The molecule has 0 atom stereocenters. The van der Waals surface area contributed by atoms with E-state index in [0.717, 1.165) is 0 Å². The van der Waals surface area contributed by atoms with Crippen LogP contribution in [0.3, 0.4) is 0 Å². The molecule has 0 heteroatoms. The molecule has 0 N–H and O–H groups in total. The number of rotatable bonds is 6. The van der Waals surface area contributed by atoms with Gasteiger partial charge in [-0.1, -0.05) is 224 Å². The third-order valence-corrected chi connectivity index (χ3v) is 13.8. The molecule has 306 valence electrons. The molecule has 0 heterocycles. The van der Waals surface area contributed by atoms with Crippen molar-refractivity contribution in [3.05, 3.63) is 255 Å². The van der Waals surface area contributed by atoms with Crippen molar-refractivity contribution in [2.45, 2.75) is 0 Å². The highest BCUT2D eigenvalue weighted by molar-refractivity contribution is 6.22. The largest absolute Gasteiger partial charge is 0.0616 e. The van der Waals surface area contributed by atoms with Gasteiger partial charge in [-0.15, -0.1) is 0 Å². The summed E-state index contributed by atoms with van der Waals surface area (Å²) < 4.78 is 0. The van der Waals surface area contributed by atoms with Crippen molar-refractivity contribution in [1.29, 1.82) is 0 Å². The third kappa shape index (κ3) is 6.46. The maximum absolute atomic E-state index is 2.39. The lowest BCUT2D eigenvalue weighted by atomic mass is 9.85. The van der Waals surface area contributed by atoms with Crippen molar-refractivity contribution in [3.63, 3.8) is 0 Å². The van der Waals surface area contributed by atoms with Gasteiger partial charge in [0.2, 0.25) is 0 Å². The molecule has 0 bridgehead atoms. The average molecular weight is 835 g/mol. The molecule has 0 aliphatic rings. The molecule has 0 aliphatic carbocycles. The van der Waals surface area contributed by atoms with Crippen LogP contribution in [-0.2, 0) is 0 Å². The van der Waals surface area contributed by atoms with Crippen LogP contribution in [0, 0.1) is 0 Å². The van der Waals surface area contributed by atoms with E-state index in [1.165, 1.54) is 131 Å². The van der Waals surface area contributed by atoms with Gasteiger partial charge in [0.05, 0.1) is 0 Å². The zero-order valence-electron chi connectivity index (χ0n) is 36.2. The molecule has 0 nitrogen and oxygen atoms in total. The monoisotopic (exact) mass is 834 g/mol. The Kier molecular flexibility index (Phi) is 8.96. The first-order valence-corrected chi connectivity index (χ1v) is 22.9. The van der Waals surface area contributed by atoms with Gasteiger partial charge in [-0.25, -0.2) is 0 Å². The van der Waals surface area contributed by atoms with Crippen molar-refractivity contribution < 1.29 is 0 Å². The van der Waals surface area contributed by atoms with Crippen LogP contribution in [0.25, 0.3) is 131 Å². The molecule has 0 radical (unpaired) electrons. The van der Waals surface area contributed by atoms with Gasteiger partial charge in [0, 0.05) is 0 Å². The topological polar surface area (TPSA) is 0 Å². The molecule has 66 heavy (non-hydrogen) atoms. The summed E-state index contributed by atoms with van der Waals surface area (Å²) in [4.78, 5) is 0. The molecular formula is C66H42. The molecule has 0 saturated heterocycles. The summed E-state index contributed by atoms with van der Waals surface area (Å²) in [5.41, 5.74) is 14.8. The Morgan fingerprint density at radius 2 is 0.515 bits per heavy atom. The molecule has 0 unspecified atom stereocenters. The number of benzene rings is 13. The second-order valence-electron chi connectivity index (χ2n) is 17.6. The minimum Gasteiger partial charge on any atom is -0.0616 e. The maximum atomic E-state index is 2.39. The number of hydrogen-bond acceptors (Lipinski definition) is 0. The van der Waals surface area contributed by atoms with Gasteiger partial charge in [0.1, 0.15) is 0 Å². The predicted molar refractivity (Wildman–Crippen MR) is 284 cm³/mol. The second kappa shape index (κ2) is 15.6. The third-order valence-electron chi connectivity index (χ3n) is 13.8. The minimum absolute atomic E-state index is 1.20. The second-order valence-corrected chi connectivity index (χ2v) is 17.6. The van der Waals surface area contributed by atoms with E-state index in [1.54, 1.807) is 0 Å². The predicted octanol–water partition coefficient (Wildman–Crippen LogP) is 18.6.